The molecule has 0 aromatic carbocycles. The second kappa shape index (κ2) is 4.78. The van der Waals surface area contributed by atoms with E-state index in [1.165, 1.54) is 11.8 Å². The monoisotopic (exact) mass is 150 g/mol. The van der Waals surface area contributed by atoms with Gasteiger partial charge in [-0.05, 0) is 6.26 Å². The molecule has 0 fully saturated rings. The molecule has 2 N–H and O–H groups in total. The number of carbonyl (C=O) groups is 1. The molecule has 0 aromatic rings. The first-order valence-corrected chi connectivity index (χ1v) is 3.92. The highest BCUT2D eigenvalue weighted by molar-refractivity contribution is 7.98. The lowest BCUT2D eigenvalue weighted by molar-refractivity contribution is -0.128. The molecule has 0 radical (unpaired) electrons. The van der Waals surface area contributed by atoms with Gasteiger partial charge in [-0.25, -0.2) is 0 Å². The van der Waals surface area contributed by atoms with Gasteiger partial charge >= 0.3 is 0 Å². The Morgan fingerprint density at radius 2 is 2.33 bits per heavy atom. The molecule has 0 aliphatic heterocycles. The van der Waals surface area contributed by atoms with Crippen molar-refractivity contribution in [2.45, 2.75) is 6.10 Å². The fourth-order valence-corrected chi connectivity index (χ4v) is 0.858. The molecule has 4 heteroatoms. The van der Waals surface area contributed by atoms with E-state index in [-0.39, 0.29) is 0 Å². The molecule has 0 aliphatic rings. The number of thioether (sulfide) groups is 1. The van der Waals surface area contributed by atoms with Gasteiger partial charge in [-0.15, -0.1) is 0 Å². The van der Waals surface area contributed by atoms with Crippen LogP contribution in [0, 0.1) is 0 Å². The van der Waals surface area contributed by atoms with Gasteiger partial charge < -0.3 is 10.2 Å². The van der Waals surface area contributed by atoms with Gasteiger partial charge in [0.1, 0.15) is 12.7 Å². The summed E-state index contributed by atoms with van der Waals surface area (Å²) in [6.07, 6.45) is 0.790. The van der Waals surface area contributed by atoms with Gasteiger partial charge in [-0.1, -0.05) is 0 Å². The standard InChI is InChI=1S/C5H10O3S/c1-9-3-5(8)4(7)2-6/h5-6,8H,2-3H2,1H3/t5-/m1/s1. The Bertz CT molecular complexity index is 94.2. The number of hydrogen-bond donors (Lipinski definition) is 2. The summed E-state index contributed by atoms with van der Waals surface area (Å²) >= 11 is 1.37. The Labute approximate surface area is 58.1 Å². The highest BCUT2D eigenvalue weighted by atomic mass is 32.2. The molecule has 0 aliphatic carbocycles. The Morgan fingerprint density at radius 1 is 1.78 bits per heavy atom. The molecule has 0 aromatic heterocycles. The van der Waals surface area contributed by atoms with Gasteiger partial charge in [0.05, 0.1) is 0 Å². The first-order chi connectivity index (χ1) is 4.22. The molecule has 0 saturated heterocycles. The third-order valence-electron chi connectivity index (χ3n) is 0.852. The van der Waals surface area contributed by atoms with Crippen LogP contribution in [0.25, 0.3) is 0 Å². The van der Waals surface area contributed by atoms with Crippen molar-refractivity contribution in [2.24, 2.45) is 0 Å². The zero-order chi connectivity index (χ0) is 7.28. The summed E-state index contributed by atoms with van der Waals surface area (Å²) in [5, 5.41) is 17.0. The molecule has 0 spiro atoms. The van der Waals surface area contributed by atoms with Gasteiger partial charge in [0.2, 0.25) is 0 Å². The number of aliphatic hydroxyl groups is 2. The van der Waals surface area contributed by atoms with Crippen LogP contribution >= 0.6 is 11.8 Å². The minimum absolute atomic E-state index is 0.361. The Morgan fingerprint density at radius 3 is 2.67 bits per heavy atom. The second-order valence-electron chi connectivity index (χ2n) is 1.60. The molecule has 0 unspecified atom stereocenters. The van der Waals surface area contributed by atoms with Gasteiger partial charge in [0.25, 0.3) is 0 Å². The number of hydrogen-bond acceptors (Lipinski definition) is 4. The van der Waals surface area contributed by atoms with Crippen molar-refractivity contribution in [2.75, 3.05) is 18.6 Å². The van der Waals surface area contributed by atoms with Gasteiger partial charge in [-0.2, -0.15) is 11.8 Å². The van der Waals surface area contributed by atoms with Gasteiger partial charge in [-0.3, -0.25) is 4.79 Å². The Hall–Kier alpha value is -0.0600. The van der Waals surface area contributed by atoms with Crippen LogP contribution in [0.5, 0.6) is 0 Å². The molecule has 0 heterocycles. The number of carbonyl (C=O) groups excluding carboxylic acids is 1. The molecule has 9 heavy (non-hydrogen) atoms. The van der Waals surface area contributed by atoms with Crippen molar-refractivity contribution < 1.29 is 15.0 Å². The van der Waals surface area contributed by atoms with E-state index in [9.17, 15) is 4.79 Å². The molecule has 0 rings (SSSR count). The Kier molecular flexibility index (Phi) is 4.75. The lowest BCUT2D eigenvalue weighted by Crippen LogP contribution is -2.25. The molecule has 0 bridgehead atoms. The fourth-order valence-electron chi connectivity index (χ4n) is 0.356. The topological polar surface area (TPSA) is 57.5 Å². The zero-order valence-electron chi connectivity index (χ0n) is 5.20. The average Bonchev–Trinajstić information content (AvgIpc) is 1.87. The lowest BCUT2D eigenvalue weighted by atomic mass is 10.3. The summed E-state index contributed by atoms with van der Waals surface area (Å²) in [6.45, 7) is -0.568. The van der Waals surface area contributed by atoms with Crippen molar-refractivity contribution in [1.29, 1.82) is 0 Å². The smallest absolute Gasteiger partial charge is 0.187 e. The van der Waals surface area contributed by atoms with E-state index >= 15 is 0 Å². The molecule has 0 saturated carbocycles. The van der Waals surface area contributed by atoms with Crippen LogP contribution in [0.3, 0.4) is 0 Å². The molecule has 1 atom stereocenters. The highest BCUT2D eigenvalue weighted by Gasteiger charge is 2.11. The van der Waals surface area contributed by atoms with E-state index in [0.717, 1.165) is 0 Å². The highest BCUT2D eigenvalue weighted by Crippen LogP contribution is 1.96. The third-order valence-corrected chi connectivity index (χ3v) is 1.50. The molecule has 3 nitrogen and oxygen atoms in total. The molecular weight excluding hydrogens is 140 g/mol. The molecule has 54 valence electrons. The summed E-state index contributed by atoms with van der Waals surface area (Å²) in [5.74, 6) is -0.149. The van der Waals surface area contributed by atoms with Crippen LogP contribution in [-0.4, -0.2) is 40.7 Å². The third kappa shape index (κ3) is 3.51. The van der Waals surface area contributed by atoms with Gasteiger partial charge in [0, 0.05) is 5.75 Å². The van der Waals surface area contributed by atoms with Crippen molar-refractivity contribution in [1.82, 2.24) is 0 Å². The van der Waals surface area contributed by atoms with Crippen LogP contribution in [0.1, 0.15) is 0 Å². The van der Waals surface area contributed by atoms with E-state index in [4.69, 9.17) is 10.2 Å². The quantitative estimate of drug-likeness (QED) is 0.555. The van der Waals surface area contributed by atoms with E-state index in [0.29, 0.717) is 5.75 Å². The maximum Gasteiger partial charge on any atom is 0.187 e. The summed E-state index contributed by atoms with van der Waals surface area (Å²) in [7, 11) is 0. The van der Waals surface area contributed by atoms with Crippen molar-refractivity contribution in [3.63, 3.8) is 0 Å². The first-order valence-electron chi connectivity index (χ1n) is 2.53. The first kappa shape index (κ1) is 8.94. The van der Waals surface area contributed by atoms with Gasteiger partial charge in [0.15, 0.2) is 5.78 Å². The van der Waals surface area contributed by atoms with Crippen LogP contribution < -0.4 is 0 Å². The second-order valence-corrected chi connectivity index (χ2v) is 2.51. The van der Waals surface area contributed by atoms with E-state index in [1.54, 1.807) is 6.26 Å². The largest absolute Gasteiger partial charge is 0.388 e. The number of rotatable bonds is 4. The summed E-state index contributed by atoms with van der Waals surface area (Å²) in [6, 6.07) is 0. The van der Waals surface area contributed by atoms with E-state index in [2.05, 4.69) is 0 Å². The number of aliphatic hydroxyl groups excluding tert-OH is 2. The predicted octanol–water partition coefficient (Wildman–Crippen LogP) is -0.728. The van der Waals surface area contributed by atoms with Crippen LogP contribution in [0.4, 0.5) is 0 Å². The van der Waals surface area contributed by atoms with E-state index < -0.39 is 18.5 Å². The number of ketones is 1. The average molecular weight is 150 g/mol. The fraction of sp³-hybridized carbons (Fsp3) is 0.800. The maximum atomic E-state index is 10.4. The van der Waals surface area contributed by atoms with Crippen molar-refractivity contribution in [3.05, 3.63) is 0 Å². The van der Waals surface area contributed by atoms with Crippen molar-refractivity contribution in [3.8, 4) is 0 Å². The molecule has 0 amide bonds. The summed E-state index contributed by atoms with van der Waals surface area (Å²) in [4.78, 5) is 10.4. The van der Waals surface area contributed by atoms with Crippen LogP contribution in [-0.2, 0) is 4.79 Å². The molecular formula is C5H10O3S. The van der Waals surface area contributed by atoms with Crippen molar-refractivity contribution >= 4 is 17.5 Å². The predicted molar refractivity (Wildman–Crippen MR) is 36.5 cm³/mol. The number of Topliss-reactive ketones (excluding diaryl/α,β-unsaturated/α-hetero) is 1. The summed E-state index contributed by atoms with van der Waals surface area (Å²) in [5.41, 5.74) is 0. The Balaban J connectivity index is 3.45. The minimum Gasteiger partial charge on any atom is -0.388 e. The normalized spacial score (nSPS) is 13.2. The zero-order valence-corrected chi connectivity index (χ0v) is 6.02. The lowest BCUT2D eigenvalue weighted by Gasteiger charge is -2.03. The minimum atomic E-state index is -0.995. The summed E-state index contributed by atoms with van der Waals surface area (Å²) < 4.78 is 0. The van der Waals surface area contributed by atoms with E-state index in [1.807, 2.05) is 0 Å². The van der Waals surface area contributed by atoms with Crippen LogP contribution in [0.2, 0.25) is 0 Å². The maximum absolute atomic E-state index is 10.4. The van der Waals surface area contributed by atoms with Crippen LogP contribution in [0.15, 0.2) is 0 Å². The SMILES string of the molecule is CSC[C@@H](O)C(=O)CO.